The van der Waals surface area contributed by atoms with E-state index in [0.29, 0.717) is 39.6 Å². The molecule has 1 heterocycles. The number of esters is 1. The van der Waals surface area contributed by atoms with Crippen LogP contribution in [0.4, 0.5) is 5.00 Å². The van der Waals surface area contributed by atoms with Gasteiger partial charge in [0.05, 0.1) is 23.8 Å². The lowest BCUT2D eigenvalue weighted by atomic mass is 9.95. The molecule has 0 fully saturated rings. The molecule has 0 saturated heterocycles. The van der Waals surface area contributed by atoms with E-state index in [4.69, 9.17) is 26.4 Å². The molecule has 1 aliphatic rings. The summed E-state index contributed by atoms with van der Waals surface area (Å²) in [5, 5.41) is 6.39. The highest BCUT2D eigenvalue weighted by atomic mass is 79.9. The molecule has 3 rings (SSSR count). The second kappa shape index (κ2) is 11.0. The minimum absolute atomic E-state index is 0.116. The number of thiophene rings is 1. The van der Waals surface area contributed by atoms with Crippen molar-refractivity contribution >= 4 is 61.5 Å². The number of methoxy groups -OCH3 is 2. The van der Waals surface area contributed by atoms with E-state index in [1.54, 1.807) is 25.3 Å². The Bertz CT molecular complexity index is 992. The van der Waals surface area contributed by atoms with Crippen LogP contribution in [0.25, 0.3) is 0 Å². The summed E-state index contributed by atoms with van der Waals surface area (Å²) in [6.07, 6.45) is 3.89. The molecule has 166 valence electrons. The Morgan fingerprint density at radius 1 is 1.19 bits per heavy atom. The first-order chi connectivity index (χ1) is 14.9. The van der Waals surface area contributed by atoms with E-state index in [-0.39, 0.29) is 11.0 Å². The molecule has 1 aromatic heterocycles. The van der Waals surface area contributed by atoms with Gasteiger partial charge in [0.1, 0.15) is 17.4 Å². The van der Waals surface area contributed by atoms with Gasteiger partial charge in [-0.3, -0.25) is 10.1 Å². The van der Waals surface area contributed by atoms with Crippen LogP contribution in [-0.4, -0.2) is 44.4 Å². The van der Waals surface area contributed by atoms with Crippen LogP contribution in [0, 0.1) is 0 Å². The van der Waals surface area contributed by atoms with Crippen LogP contribution in [0.2, 0.25) is 0 Å². The van der Waals surface area contributed by atoms with Gasteiger partial charge < -0.3 is 19.5 Å². The maximum absolute atomic E-state index is 12.6. The Balaban J connectivity index is 1.68. The Morgan fingerprint density at radius 2 is 1.97 bits per heavy atom. The van der Waals surface area contributed by atoms with Crippen LogP contribution in [0.3, 0.4) is 0 Å². The number of anilines is 1. The molecule has 1 aromatic carbocycles. The number of benzene rings is 1. The number of thiocarbonyl (C=S) groups is 1. The normalized spacial score (nSPS) is 12.6. The minimum Gasteiger partial charge on any atom is -0.490 e. The van der Waals surface area contributed by atoms with Crippen LogP contribution < -0.4 is 15.4 Å². The standard InChI is InChI=1S/C21H23BrN2O5S2/c1-27-9-10-29-15-8-7-12(11-14(15)22)18(25)23-21(30)24-19-17(20(26)28-2)13-5-3-4-6-16(13)31-19/h7-8,11H,3-6,9-10H2,1-2H3,(H2,23,24,25,30). The van der Waals surface area contributed by atoms with Crippen molar-refractivity contribution in [2.75, 3.05) is 32.8 Å². The van der Waals surface area contributed by atoms with Gasteiger partial charge in [-0.25, -0.2) is 4.79 Å². The molecule has 2 aromatic rings. The quantitative estimate of drug-likeness (QED) is 0.315. The van der Waals surface area contributed by atoms with Gasteiger partial charge in [0.25, 0.3) is 5.91 Å². The molecule has 7 nitrogen and oxygen atoms in total. The molecule has 1 aliphatic carbocycles. The summed E-state index contributed by atoms with van der Waals surface area (Å²) in [7, 11) is 2.96. The largest absolute Gasteiger partial charge is 0.490 e. The Kier molecular flexibility index (Phi) is 8.42. The second-order valence-corrected chi connectivity index (χ2v) is 9.17. The highest BCUT2D eigenvalue weighted by Gasteiger charge is 2.26. The lowest BCUT2D eigenvalue weighted by Crippen LogP contribution is -2.34. The van der Waals surface area contributed by atoms with Gasteiger partial charge >= 0.3 is 5.97 Å². The van der Waals surface area contributed by atoms with Crippen molar-refractivity contribution in [2.45, 2.75) is 25.7 Å². The third kappa shape index (κ3) is 5.82. The lowest BCUT2D eigenvalue weighted by molar-refractivity contribution is 0.0601. The van der Waals surface area contributed by atoms with Gasteiger partial charge in [-0.1, -0.05) is 0 Å². The number of hydrogen-bond donors (Lipinski definition) is 2. The van der Waals surface area contributed by atoms with Crippen molar-refractivity contribution in [1.82, 2.24) is 5.32 Å². The maximum Gasteiger partial charge on any atom is 0.341 e. The van der Waals surface area contributed by atoms with Crippen molar-refractivity contribution < 1.29 is 23.8 Å². The Hall–Kier alpha value is -2.01. The molecular weight excluding hydrogens is 504 g/mol. The highest BCUT2D eigenvalue weighted by Crippen LogP contribution is 2.38. The van der Waals surface area contributed by atoms with E-state index < -0.39 is 5.97 Å². The molecule has 0 spiro atoms. The van der Waals surface area contributed by atoms with E-state index in [2.05, 4.69) is 26.6 Å². The SMILES string of the molecule is COCCOc1ccc(C(=O)NC(=S)Nc2sc3c(c2C(=O)OC)CCCC3)cc1Br. The number of nitrogens with one attached hydrogen (secondary N) is 2. The molecule has 0 atom stereocenters. The number of amides is 1. The fourth-order valence-corrected chi connectivity index (χ4v) is 5.31. The predicted molar refractivity (Wildman–Crippen MR) is 128 cm³/mol. The van der Waals surface area contributed by atoms with Gasteiger partial charge in [-0.15, -0.1) is 11.3 Å². The fourth-order valence-electron chi connectivity index (χ4n) is 3.28. The number of ether oxygens (including phenoxy) is 3. The second-order valence-electron chi connectivity index (χ2n) is 6.80. The number of hydrogen-bond acceptors (Lipinski definition) is 7. The third-order valence-corrected chi connectivity index (χ3v) is 6.79. The zero-order valence-corrected chi connectivity index (χ0v) is 20.4. The first-order valence-electron chi connectivity index (χ1n) is 9.71. The molecule has 0 bridgehead atoms. The summed E-state index contributed by atoms with van der Waals surface area (Å²) < 4.78 is 16.1. The maximum atomic E-state index is 12.6. The molecule has 1 amide bonds. The first kappa shape index (κ1) is 23.6. The summed E-state index contributed by atoms with van der Waals surface area (Å²) in [5.74, 6) is -0.159. The summed E-state index contributed by atoms with van der Waals surface area (Å²) in [6, 6.07) is 5.01. The van der Waals surface area contributed by atoms with Gasteiger partial charge in [0.15, 0.2) is 5.11 Å². The molecule has 0 aliphatic heterocycles. The average Bonchev–Trinajstić information content (AvgIpc) is 3.11. The molecule has 31 heavy (non-hydrogen) atoms. The van der Waals surface area contributed by atoms with E-state index in [9.17, 15) is 9.59 Å². The summed E-state index contributed by atoms with van der Waals surface area (Å²) in [6.45, 7) is 0.871. The Morgan fingerprint density at radius 3 is 2.68 bits per heavy atom. The van der Waals surface area contributed by atoms with E-state index in [1.807, 2.05) is 0 Å². The number of aryl methyl sites for hydroxylation is 1. The van der Waals surface area contributed by atoms with Crippen molar-refractivity contribution in [3.05, 3.63) is 44.2 Å². The van der Waals surface area contributed by atoms with Gasteiger partial charge in [-0.05, 0) is 77.6 Å². The van der Waals surface area contributed by atoms with Crippen LogP contribution >= 0.6 is 39.5 Å². The van der Waals surface area contributed by atoms with Crippen molar-refractivity contribution in [3.63, 3.8) is 0 Å². The zero-order chi connectivity index (χ0) is 22.4. The lowest BCUT2D eigenvalue weighted by Gasteiger charge is -2.12. The smallest absolute Gasteiger partial charge is 0.341 e. The third-order valence-electron chi connectivity index (χ3n) is 4.75. The molecule has 2 N–H and O–H groups in total. The first-order valence-corrected chi connectivity index (χ1v) is 11.7. The molecular formula is C21H23BrN2O5S2. The molecule has 0 saturated carbocycles. The monoisotopic (exact) mass is 526 g/mol. The average molecular weight is 527 g/mol. The van der Waals surface area contributed by atoms with Gasteiger partial charge in [0.2, 0.25) is 0 Å². The van der Waals surface area contributed by atoms with E-state index in [0.717, 1.165) is 36.1 Å². The Labute approximate surface area is 198 Å². The van der Waals surface area contributed by atoms with Crippen LogP contribution in [0.5, 0.6) is 5.75 Å². The minimum atomic E-state index is -0.399. The summed E-state index contributed by atoms with van der Waals surface area (Å²) in [4.78, 5) is 26.1. The summed E-state index contributed by atoms with van der Waals surface area (Å²) in [5.41, 5.74) is 1.95. The molecule has 0 radical (unpaired) electrons. The van der Waals surface area contributed by atoms with Gasteiger partial charge in [-0.2, -0.15) is 0 Å². The topological polar surface area (TPSA) is 85.9 Å². The predicted octanol–water partition coefficient (Wildman–Crippen LogP) is 4.33. The number of carbonyl (C=O) groups excluding carboxylic acids is 2. The molecule has 0 unspecified atom stereocenters. The van der Waals surface area contributed by atoms with Crippen molar-refractivity contribution in [2.24, 2.45) is 0 Å². The van der Waals surface area contributed by atoms with Crippen LogP contribution in [-0.2, 0) is 22.3 Å². The highest BCUT2D eigenvalue weighted by molar-refractivity contribution is 9.10. The van der Waals surface area contributed by atoms with Crippen LogP contribution in [0.15, 0.2) is 22.7 Å². The fraction of sp³-hybridized carbons (Fsp3) is 0.381. The van der Waals surface area contributed by atoms with Crippen molar-refractivity contribution in [1.29, 1.82) is 0 Å². The number of halogens is 1. The zero-order valence-electron chi connectivity index (χ0n) is 17.2. The van der Waals surface area contributed by atoms with Crippen LogP contribution in [0.1, 0.15) is 44.0 Å². The van der Waals surface area contributed by atoms with E-state index in [1.165, 1.54) is 18.4 Å². The van der Waals surface area contributed by atoms with Gasteiger partial charge in [0, 0.05) is 17.6 Å². The summed E-state index contributed by atoms with van der Waals surface area (Å²) >= 11 is 10.2. The number of fused-ring (bicyclic) bond motifs is 1. The number of carbonyl (C=O) groups is 2. The molecule has 10 heteroatoms. The van der Waals surface area contributed by atoms with Crippen molar-refractivity contribution in [3.8, 4) is 5.75 Å². The number of rotatable bonds is 7. The van der Waals surface area contributed by atoms with E-state index >= 15 is 0 Å².